The Bertz CT molecular complexity index is 1270. The molecule has 3 N–H and O–H groups in total. The number of anilines is 2. The lowest BCUT2D eigenvalue weighted by molar-refractivity contribution is 0.0938. The number of pyridine rings is 1. The van der Waals surface area contributed by atoms with Crippen molar-refractivity contribution >= 4 is 38.8 Å². The zero-order valence-corrected chi connectivity index (χ0v) is 21.8. The normalized spacial score (nSPS) is 25.8. The lowest BCUT2D eigenvalue weighted by Gasteiger charge is -2.41. The number of benzene rings is 1. The van der Waals surface area contributed by atoms with E-state index in [4.69, 9.17) is 5.73 Å². The van der Waals surface area contributed by atoms with Crippen LogP contribution in [0.3, 0.4) is 0 Å². The van der Waals surface area contributed by atoms with Crippen LogP contribution in [0.2, 0.25) is 0 Å². The second-order valence-electron chi connectivity index (χ2n) is 11.3. The number of carbonyl (C=O) groups is 1. The Balaban J connectivity index is 1.14. The number of fused-ring (bicyclic) bond motifs is 4. The van der Waals surface area contributed by atoms with Crippen LogP contribution in [0.5, 0.6) is 0 Å². The zero-order valence-electron chi connectivity index (χ0n) is 21.0. The highest BCUT2D eigenvalue weighted by molar-refractivity contribution is 7.21. The molecule has 1 aliphatic heterocycles. The number of rotatable bonds is 4. The summed E-state index contributed by atoms with van der Waals surface area (Å²) in [5.41, 5.74) is 12.0. The number of hydrogen-bond donors (Lipinski definition) is 2. The molecule has 3 atom stereocenters. The van der Waals surface area contributed by atoms with Gasteiger partial charge in [0.05, 0.1) is 5.69 Å². The molecule has 35 heavy (non-hydrogen) atoms. The number of hydrogen-bond acceptors (Lipinski definition) is 5. The molecule has 6 heteroatoms. The van der Waals surface area contributed by atoms with Crippen molar-refractivity contribution in [3.8, 4) is 0 Å². The van der Waals surface area contributed by atoms with Crippen LogP contribution in [0, 0.1) is 30.6 Å². The molecule has 1 amide bonds. The van der Waals surface area contributed by atoms with Gasteiger partial charge >= 0.3 is 0 Å². The van der Waals surface area contributed by atoms with Gasteiger partial charge in [-0.3, -0.25) is 4.79 Å². The molecule has 3 unspecified atom stereocenters. The Morgan fingerprint density at radius 1 is 1.11 bits per heavy atom. The van der Waals surface area contributed by atoms with E-state index in [1.807, 2.05) is 19.1 Å². The standard InChI is InChI=1S/C29H36N4OS/c1-16(2)25-20-5-6-21(25)15-33(14-20)23-10-8-18-12-22(9-7-19(18)13-23)32-28(34)27-26(30)24-11-4-17(3)31-29(24)35-27/h4,8,10-11,13,16,20-22,25H,5-7,9,12,14-15,30H2,1-3H3,(H,32,34). The number of aryl methyl sites for hydroxylation is 2. The van der Waals surface area contributed by atoms with Gasteiger partial charge in [0.2, 0.25) is 0 Å². The molecule has 3 aliphatic rings. The Morgan fingerprint density at radius 2 is 1.89 bits per heavy atom. The van der Waals surface area contributed by atoms with E-state index >= 15 is 0 Å². The summed E-state index contributed by atoms with van der Waals surface area (Å²) in [6.45, 7) is 9.20. The van der Waals surface area contributed by atoms with Crippen molar-refractivity contribution in [3.05, 3.63) is 52.0 Å². The average Bonchev–Trinajstić information content (AvgIpc) is 3.31. The number of nitrogens with one attached hydrogen (secondary N) is 1. The summed E-state index contributed by atoms with van der Waals surface area (Å²) >= 11 is 1.39. The molecule has 0 radical (unpaired) electrons. The highest BCUT2D eigenvalue weighted by Gasteiger charge is 2.43. The molecule has 1 saturated carbocycles. The van der Waals surface area contributed by atoms with Crippen molar-refractivity contribution in [2.24, 2.45) is 23.7 Å². The molecule has 0 spiro atoms. The van der Waals surface area contributed by atoms with Crippen molar-refractivity contribution in [2.45, 2.75) is 58.9 Å². The molecule has 1 saturated heterocycles. The van der Waals surface area contributed by atoms with Crippen LogP contribution in [0.15, 0.2) is 30.3 Å². The predicted octanol–water partition coefficient (Wildman–Crippen LogP) is 5.59. The number of aromatic nitrogens is 1. The number of nitrogens with zero attached hydrogens (tertiary/aromatic N) is 2. The van der Waals surface area contributed by atoms with Crippen molar-refractivity contribution < 1.29 is 4.79 Å². The molecular weight excluding hydrogens is 452 g/mol. The topological polar surface area (TPSA) is 71.2 Å². The molecule has 6 rings (SSSR count). The zero-order chi connectivity index (χ0) is 24.3. The summed E-state index contributed by atoms with van der Waals surface area (Å²) < 4.78 is 0. The molecule has 1 aromatic carbocycles. The molecular formula is C29H36N4OS. The maximum absolute atomic E-state index is 13.1. The largest absolute Gasteiger partial charge is 0.397 e. The van der Waals surface area contributed by atoms with Crippen LogP contribution < -0.4 is 16.0 Å². The van der Waals surface area contributed by atoms with Gasteiger partial charge < -0.3 is 16.0 Å². The third-order valence-electron chi connectivity index (χ3n) is 8.73. The first-order chi connectivity index (χ1) is 16.9. The Morgan fingerprint density at radius 3 is 2.63 bits per heavy atom. The minimum absolute atomic E-state index is 0.0725. The van der Waals surface area contributed by atoms with Crippen molar-refractivity contribution in [2.75, 3.05) is 23.7 Å². The molecule has 3 heterocycles. The molecule has 2 aromatic heterocycles. The minimum Gasteiger partial charge on any atom is -0.397 e. The minimum atomic E-state index is -0.0725. The lowest BCUT2D eigenvalue weighted by atomic mass is 9.77. The number of nitrogens with two attached hydrogens (primary N) is 1. The smallest absolute Gasteiger partial charge is 0.263 e. The summed E-state index contributed by atoms with van der Waals surface area (Å²) in [5.74, 6) is 3.34. The van der Waals surface area contributed by atoms with E-state index in [0.29, 0.717) is 10.6 Å². The first-order valence-electron chi connectivity index (χ1n) is 13.2. The Kier molecular flexibility index (Phi) is 5.75. The summed E-state index contributed by atoms with van der Waals surface area (Å²) in [4.78, 5) is 21.7. The number of amides is 1. The first-order valence-corrected chi connectivity index (χ1v) is 14.0. The lowest BCUT2D eigenvalue weighted by Crippen LogP contribution is -2.43. The van der Waals surface area contributed by atoms with E-state index in [2.05, 4.69) is 47.2 Å². The van der Waals surface area contributed by atoms with Crippen molar-refractivity contribution in [1.82, 2.24) is 10.3 Å². The van der Waals surface area contributed by atoms with Gasteiger partial charge in [0.1, 0.15) is 9.71 Å². The van der Waals surface area contributed by atoms with Crippen LogP contribution in [0.1, 0.15) is 59.6 Å². The molecule has 5 nitrogen and oxygen atoms in total. The summed E-state index contributed by atoms with van der Waals surface area (Å²) in [7, 11) is 0. The third kappa shape index (κ3) is 4.10. The van der Waals surface area contributed by atoms with Gasteiger partial charge in [-0.1, -0.05) is 19.9 Å². The van der Waals surface area contributed by atoms with Gasteiger partial charge in [0.15, 0.2) is 0 Å². The maximum atomic E-state index is 13.1. The summed E-state index contributed by atoms with van der Waals surface area (Å²) in [6, 6.07) is 11.1. The van der Waals surface area contributed by atoms with Gasteiger partial charge in [-0.25, -0.2) is 4.98 Å². The van der Waals surface area contributed by atoms with E-state index in [0.717, 1.165) is 58.8 Å². The predicted molar refractivity (Wildman–Crippen MR) is 145 cm³/mol. The average molecular weight is 489 g/mol. The quantitative estimate of drug-likeness (QED) is 0.502. The highest BCUT2D eigenvalue weighted by Crippen LogP contribution is 2.46. The fraction of sp³-hybridized carbons (Fsp3) is 0.517. The Hall–Kier alpha value is -2.60. The fourth-order valence-electron chi connectivity index (χ4n) is 7.13. The van der Waals surface area contributed by atoms with E-state index in [1.54, 1.807) is 0 Å². The SMILES string of the molecule is Cc1ccc2c(N)c(C(=O)NC3CCc4cc(N5CC6CCC(C5)C6C(C)C)ccc4C3)sc2n1. The van der Waals surface area contributed by atoms with Crippen LogP contribution in [0.4, 0.5) is 11.4 Å². The third-order valence-corrected chi connectivity index (χ3v) is 9.85. The molecule has 3 aromatic rings. The van der Waals surface area contributed by atoms with Crippen LogP contribution in [-0.2, 0) is 12.8 Å². The van der Waals surface area contributed by atoms with Gasteiger partial charge in [-0.15, -0.1) is 11.3 Å². The number of piperidine rings is 1. The molecule has 184 valence electrons. The Labute approximate surface area is 212 Å². The fourth-order valence-corrected chi connectivity index (χ4v) is 8.18. The van der Waals surface area contributed by atoms with E-state index in [1.165, 1.54) is 54.1 Å². The van der Waals surface area contributed by atoms with Crippen LogP contribution >= 0.6 is 11.3 Å². The number of carbonyl (C=O) groups excluding carboxylic acids is 1. The number of thiophene rings is 1. The molecule has 2 bridgehead atoms. The first kappa shape index (κ1) is 22.8. The van der Waals surface area contributed by atoms with Gasteiger partial charge in [0.25, 0.3) is 5.91 Å². The van der Waals surface area contributed by atoms with Gasteiger partial charge in [-0.2, -0.15) is 0 Å². The molecule has 2 aliphatic carbocycles. The second kappa shape index (κ2) is 8.81. The number of nitrogen functional groups attached to an aromatic ring is 1. The van der Waals surface area contributed by atoms with Gasteiger partial charge in [-0.05, 0) is 98.1 Å². The second-order valence-corrected chi connectivity index (χ2v) is 12.3. The van der Waals surface area contributed by atoms with Crippen molar-refractivity contribution in [1.29, 1.82) is 0 Å². The highest BCUT2D eigenvalue weighted by atomic mass is 32.1. The maximum Gasteiger partial charge on any atom is 0.263 e. The van der Waals surface area contributed by atoms with E-state index < -0.39 is 0 Å². The summed E-state index contributed by atoms with van der Waals surface area (Å²) in [5, 5.41) is 4.13. The summed E-state index contributed by atoms with van der Waals surface area (Å²) in [6.07, 6.45) is 5.65. The van der Waals surface area contributed by atoms with Gasteiger partial charge in [0, 0.05) is 35.9 Å². The van der Waals surface area contributed by atoms with Crippen LogP contribution in [-0.4, -0.2) is 30.0 Å². The monoisotopic (exact) mass is 488 g/mol. The van der Waals surface area contributed by atoms with Crippen LogP contribution in [0.25, 0.3) is 10.2 Å². The van der Waals surface area contributed by atoms with E-state index in [-0.39, 0.29) is 11.9 Å². The molecule has 2 fully saturated rings. The van der Waals surface area contributed by atoms with E-state index in [9.17, 15) is 4.79 Å². The van der Waals surface area contributed by atoms with Crippen molar-refractivity contribution in [3.63, 3.8) is 0 Å².